The van der Waals surface area contributed by atoms with Crippen LogP contribution in [0.15, 0.2) is 206 Å². The monoisotopic (exact) mass is 818 g/mol. The number of fused-ring (bicyclic) bond motifs is 13. The summed E-state index contributed by atoms with van der Waals surface area (Å²) in [5, 5.41) is 12.4. The average Bonchev–Trinajstić information content (AvgIpc) is 4.00. The molecule has 14 rings (SSSR count). The van der Waals surface area contributed by atoms with Crippen LogP contribution in [0.3, 0.4) is 0 Å². The van der Waals surface area contributed by atoms with Gasteiger partial charge in [-0.3, -0.25) is 0 Å². The maximum absolute atomic E-state index is 5.32. The summed E-state index contributed by atoms with van der Waals surface area (Å²) in [6.45, 7) is 0. The molecule has 4 nitrogen and oxygen atoms in total. The van der Waals surface area contributed by atoms with Gasteiger partial charge in [-0.05, 0) is 82.9 Å². The number of para-hydroxylation sites is 4. The first-order chi connectivity index (χ1) is 31.2. The zero-order valence-corrected chi connectivity index (χ0v) is 34.6. The van der Waals surface area contributed by atoms with Gasteiger partial charge in [-0.2, -0.15) is 0 Å². The number of rotatable bonds is 4. The minimum Gasteiger partial charge on any atom is -0.309 e. The zero-order chi connectivity index (χ0) is 41.2. The fourth-order valence-electron chi connectivity index (χ4n) is 10.3. The Bertz CT molecular complexity index is 4210. The van der Waals surface area contributed by atoms with Crippen LogP contribution in [0.5, 0.6) is 0 Å². The van der Waals surface area contributed by atoms with Gasteiger partial charge >= 0.3 is 0 Å². The molecule has 5 heteroatoms. The van der Waals surface area contributed by atoms with Gasteiger partial charge in [-0.1, -0.05) is 140 Å². The summed E-state index contributed by atoms with van der Waals surface area (Å²) in [7, 11) is 0. The summed E-state index contributed by atoms with van der Waals surface area (Å²) >= 11 is 1.83. The number of aromatic nitrogens is 4. The Hall–Kier alpha value is -8.12. The van der Waals surface area contributed by atoms with Gasteiger partial charge in [-0.25, -0.2) is 9.97 Å². The van der Waals surface area contributed by atoms with Crippen LogP contribution in [0, 0.1) is 0 Å². The maximum atomic E-state index is 5.32. The Balaban J connectivity index is 1.01. The molecular formula is C58H34N4S. The third-order valence-corrected chi connectivity index (χ3v) is 14.2. The molecule has 0 unspecified atom stereocenters. The number of nitrogens with zero attached hydrogens (tertiary/aromatic N) is 4. The van der Waals surface area contributed by atoms with Crippen LogP contribution >= 0.6 is 11.3 Å². The second-order valence-electron chi connectivity index (χ2n) is 16.5. The molecule has 0 radical (unpaired) electrons. The Kier molecular flexibility index (Phi) is 7.24. The highest BCUT2D eigenvalue weighted by atomic mass is 32.1. The van der Waals surface area contributed by atoms with Crippen molar-refractivity contribution < 1.29 is 0 Å². The van der Waals surface area contributed by atoms with E-state index in [1.165, 1.54) is 80.0 Å². The number of hydrogen-bond donors (Lipinski definition) is 0. The lowest BCUT2D eigenvalue weighted by Gasteiger charge is -2.16. The van der Waals surface area contributed by atoms with E-state index in [0.717, 1.165) is 50.3 Å². The summed E-state index contributed by atoms with van der Waals surface area (Å²) in [4.78, 5) is 10.6. The molecule has 0 aliphatic carbocycles. The van der Waals surface area contributed by atoms with Gasteiger partial charge < -0.3 is 9.13 Å². The van der Waals surface area contributed by atoms with Crippen LogP contribution in [0.1, 0.15) is 0 Å². The molecule has 63 heavy (non-hydrogen) atoms. The van der Waals surface area contributed by atoms with Crippen LogP contribution in [0.4, 0.5) is 0 Å². The van der Waals surface area contributed by atoms with E-state index in [2.05, 4.69) is 203 Å². The molecule has 0 saturated heterocycles. The molecule has 4 heterocycles. The Labute approximate surface area is 365 Å². The molecule has 14 aromatic rings. The molecule has 0 N–H and O–H groups in total. The molecule has 0 fully saturated rings. The highest BCUT2D eigenvalue weighted by Gasteiger charge is 2.23. The number of benzene rings is 10. The molecule has 0 saturated carbocycles. The van der Waals surface area contributed by atoms with Crippen LogP contribution in [0.2, 0.25) is 0 Å². The molecular weight excluding hydrogens is 785 g/mol. The lowest BCUT2D eigenvalue weighted by Crippen LogP contribution is -1.99. The van der Waals surface area contributed by atoms with Crippen molar-refractivity contribution in [3.8, 4) is 33.9 Å². The predicted molar refractivity (Wildman–Crippen MR) is 267 cm³/mol. The molecule has 10 aromatic carbocycles. The molecule has 0 atom stereocenters. The van der Waals surface area contributed by atoms with Crippen LogP contribution in [0.25, 0.3) is 130 Å². The second-order valence-corrected chi connectivity index (χ2v) is 17.6. The summed E-state index contributed by atoms with van der Waals surface area (Å²) in [6.07, 6.45) is 0. The SMILES string of the molecule is c1ccc2c(-n3c4ccccc4c4c5ccccc5ccc43)c3c4ccccc4n(-c4ccc(-c5nc6ccccc6nc5-c5ccc6sc7ccccc7c6c5)cc4)c3cc2c1. The van der Waals surface area contributed by atoms with E-state index in [-0.39, 0.29) is 0 Å². The first-order valence-corrected chi connectivity index (χ1v) is 22.2. The molecule has 4 aromatic heterocycles. The van der Waals surface area contributed by atoms with Gasteiger partial charge in [0.15, 0.2) is 0 Å². The van der Waals surface area contributed by atoms with E-state index in [1.54, 1.807) is 0 Å². The molecule has 0 aliphatic heterocycles. The van der Waals surface area contributed by atoms with Crippen molar-refractivity contribution in [3.63, 3.8) is 0 Å². The third kappa shape index (κ3) is 5.03. The fraction of sp³-hybridized carbons (Fsp3) is 0. The minimum absolute atomic E-state index is 0.869. The molecule has 0 aliphatic rings. The first kappa shape index (κ1) is 34.6. The van der Waals surface area contributed by atoms with Gasteiger partial charge in [0, 0.05) is 63.9 Å². The summed E-state index contributed by atoms with van der Waals surface area (Å²) in [5.74, 6) is 0. The molecule has 0 bridgehead atoms. The average molecular weight is 819 g/mol. The van der Waals surface area contributed by atoms with E-state index in [9.17, 15) is 0 Å². The summed E-state index contributed by atoms with van der Waals surface area (Å²) in [5.41, 5.74) is 12.6. The summed E-state index contributed by atoms with van der Waals surface area (Å²) < 4.78 is 7.53. The van der Waals surface area contributed by atoms with Crippen LogP contribution in [-0.4, -0.2) is 19.1 Å². The quantitative estimate of drug-likeness (QED) is 0.177. The summed E-state index contributed by atoms with van der Waals surface area (Å²) in [6, 6.07) is 74.9. The van der Waals surface area contributed by atoms with Crippen molar-refractivity contribution in [3.05, 3.63) is 206 Å². The van der Waals surface area contributed by atoms with Crippen molar-refractivity contribution in [2.24, 2.45) is 0 Å². The van der Waals surface area contributed by atoms with Crippen molar-refractivity contribution in [2.45, 2.75) is 0 Å². The molecule has 0 amide bonds. The molecule has 0 spiro atoms. The Morgan fingerprint density at radius 1 is 0.333 bits per heavy atom. The standard InChI is InChI=1S/C58H34N4S/c1-3-15-40-35(13-1)27-31-50-54(40)43-18-5-11-23-49(43)62(50)58-41-16-4-2-14-37(41)34-51-55(58)44-19-6-10-22-48(44)61(51)39-29-25-36(26-30-39)56-57(60-47-21-9-8-20-46(47)59-56)38-28-32-53-45(33-38)42-17-7-12-24-52(42)63-53/h1-34H. The van der Waals surface area contributed by atoms with E-state index in [1.807, 2.05) is 23.5 Å². The number of hydrogen-bond acceptors (Lipinski definition) is 3. The minimum atomic E-state index is 0.869. The lowest BCUT2D eigenvalue weighted by molar-refractivity contribution is 1.17. The first-order valence-electron chi connectivity index (χ1n) is 21.4. The van der Waals surface area contributed by atoms with E-state index < -0.39 is 0 Å². The third-order valence-electron chi connectivity index (χ3n) is 13.1. The maximum Gasteiger partial charge on any atom is 0.0973 e. The fourth-order valence-corrected chi connectivity index (χ4v) is 11.4. The highest BCUT2D eigenvalue weighted by Crippen LogP contribution is 2.45. The van der Waals surface area contributed by atoms with Crippen molar-refractivity contribution >= 4 is 108 Å². The van der Waals surface area contributed by atoms with Gasteiger partial charge in [0.25, 0.3) is 0 Å². The van der Waals surface area contributed by atoms with E-state index in [4.69, 9.17) is 9.97 Å². The van der Waals surface area contributed by atoms with Crippen LogP contribution < -0.4 is 0 Å². The van der Waals surface area contributed by atoms with Gasteiger partial charge in [-0.15, -0.1) is 11.3 Å². The van der Waals surface area contributed by atoms with Crippen molar-refractivity contribution in [2.75, 3.05) is 0 Å². The van der Waals surface area contributed by atoms with Gasteiger partial charge in [0.05, 0.1) is 50.2 Å². The van der Waals surface area contributed by atoms with Gasteiger partial charge in [0.1, 0.15) is 0 Å². The highest BCUT2D eigenvalue weighted by molar-refractivity contribution is 7.25. The topological polar surface area (TPSA) is 35.6 Å². The number of thiophene rings is 1. The second kappa shape index (κ2) is 13.2. The zero-order valence-electron chi connectivity index (χ0n) is 33.8. The Morgan fingerprint density at radius 2 is 0.905 bits per heavy atom. The van der Waals surface area contributed by atoms with Crippen molar-refractivity contribution in [1.29, 1.82) is 0 Å². The predicted octanol–water partition coefficient (Wildman–Crippen LogP) is 15.8. The van der Waals surface area contributed by atoms with Gasteiger partial charge in [0.2, 0.25) is 0 Å². The van der Waals surface area contributed by atoms with Crippen LogP contribution in [-0.2, 0) is 0 Å². The van der Waals surface area contributed by atoms with Crippen molar-refractivity contribution in [1.82, 2.24) is 19.1 Å². The Morgan fingerprint density at radius 3 is 1.68 bits per heavy atom. The largest absolute Gasteiger partial charge is 0.309 e. The van der Waals surface area contributed by atoms with E-state index in [0.29, 0.717) is 0 Å². The smallest absolute Gasteiger partial charge is 0.0973 e. The molecule has 292 valence electrons. The normalized spacial score (nSPS) is 12.1. The van der Waals surface area contributed by atoms with E-state index >= 15 is 0 Å². The lowest BCUT2D eigenvalue weighted by atomic mass is 10.0.